The molecule has 2 heterocycles. The second-order valence-electron chi connectivity index (χ2n) is 11.5. The van der Waals surface area contributed by atoms with Crippen LogP contribution < -0.4 is 16.0 Å². The van der Waals surface area contributed by atoms with Crippen molar-refractivity contribution in [3.63, 3.8) is 0 Å². The maximum Gasteiger partial charge on any atom is 0.435 e. The first-order valence-corrected chi connectivity index (χ1v) is 16.4. The summed E-state index contributed by atoms with van der Waals surface area (Å²) in [4.78, 5) is 52.7. The van der Waals surface area contributed by atoms with E-state index in [0.717, 1.165) is 42.7 Å². The van der Waals surface area contributed by atoms with Gasteiger partial charge in [0, 0.05) is 43.7 Å². The lowest BCUT2D eigenvalue weighted by Gasteiger charge is -2.22. The third-order valence-electron chi connectivity index (χ3n) is 7.73. The van der Waals surface area contributed by atoms with Crippen molar-refractivity contribution in [1.29, 1.82) is 0 Å². The molecule has 0 saturated carbocycles. The van der Waals surface area contributed by atoms with Crippen LogP contribution in [0.15, 0.2) is 71.9 Å². The molecular formula is C36H45N7O6. The number of ether oxygens (including phenoxy) is 3. The zero-order valence-corrected chi connectivity index (χ0v) is 28.6. The van der Waals surface area contributed by atoms with Gasteiger partial charge in [0.1, 0.15) is 23.6 Å². The summed E-state index contributed by atoms with van der Waals surface area (Å²) in [5.41, 5.74) is 9.36. The molecule has 0 aliphatic heterocycles. The van der Waals surface area contributed by atoms with Crippen LogP contribution in [-0.4, -0.2) is 71.3 Å². The number of aliphatic imine (C=N–C) groups is 1. The van der Waals surface area contributed by atoms with Crippen molar-refractivity contribution >= 4 is 46.3 Å². The van der Waals surface area contributed by atoms with Crippen molar-refractivity contribution in [2.75, 3.05) is 37.1 Å². The lowest BCUT2D eigenvalue weighted by atomic mass is 10.1. The number of amidine groups is 1. The zero-order valence-electron chi connectivity index (χ0n) is 28.6. The number of aromatic nitrogens is 3. The first-order valence-electron chi connectivity index (χ1n) is 16.4. The number of nitrogens with zero attached hydrogens (tertiary/aromatic N) is 5. The number of aryl methyl sites for hydroxylation is 1. The Bertz CT molecular complexity index is 1720. The molecule has 3 N–H and O–H groups in total. The van der Waals surface area contributed by atoms with Gasteiger partial charge in [0.2, 0.25) is 0 Å². The molecule has 0 aliphatic carbocycles. The van der Waals surface area contributed by atoms with Gasteiger partial charge < -0.3 is 29.8 Å². The number of nitrogens with two attached hydrogens (primary N) is 1. The molecule has 13 heteroatoms. The van der Waals surface area contributed by atoms with Crippen LogP contribution >= 0.6 is 0 Å². The standard InChI is InChI=1S/C36H45N7O6/c1-5-6-7-10-21-48-36(46)41-34(37)26-12-15-28(16-13-26)39-23-32-40-29-22-27(14-17-30(29)42(32)3)35(45)43(31-11-8-9-19-38-31)20-18-33(44)49-25(2)24-47-4/h8-9,11-17,19,22,25,39H,5-7,10,18,20-21,23-24H2,1-4H3,(H2,37,41,46)/t25-/m0/s1. The van der Waals surface area contributed by atoms with Gasteiger partial charge in [-0.25, -0.2) is 14.8 Å². The topological polar surface area (TPSA) is 163 Å². The van der Waals surface area contributed by atoms with Crippen molar-refractivity contribution in [2.45, 2.75) is 58.6 Å². The zero-order chi connectivity index (χ0) is 35.2. The largest absolute Gasteiger partial charge is 0.460 e. The molecular weight excluding hydrogens is 626 g/mol. The van der Waals surface area contributed by atoms with Crippen LogP contribution in [0, 0.1) is 0 Å². The van der Waals surface area contributed by atoms with Gasteiger partial charge in [0.15, 0.2) is 0 Å². The van der Waals surface area contributed by atoms with E-state index >= 15 is 0 Å². The lowest BCUT2D eigenvalue weighted by Crippen LogP contribution is -2.34. The van der Waals surface area contributed by atoms with Crippen LogP contribution in [-0.2, 0) is 32.6 Å². The van der Waals surface area contributed by atoms with Crippen LogP contribution in [0.25, 0.3) is 11.0 Å². The number of amides is 2. The number of benzene rings is 2. The summed E-state index contributed by atoms with van der Waals surface area (Å²) in [5.74, 6) is 0.514. The maximum absolute atomic E-state index is 13.8. The van der Waals surface area contributed by atoms with Crippen molar-refractivity contribution in [3.8, 4) is 0 Å². The Balaban J connectivity index is 1.40. The Labute approximate surface area is 286 Å². The minimum absolute atomic E-state index is 0.00980. The van der Waals surface area contributed by atoms with E-state index < -0.39 is 18.2 Å². The molecule has 1 atom stereocenters. The predicted octanol–water partition coefficient (Wildman–Crippen LogP) is 5.62. The lowest BCUT2D eigenvalue weighted by molar-refractivity contribution is -0.150. The monoisotopic (exact) mass is 671 g/mol. The molecule has 0 radical (unpaired) electrons. The Morgan fingerprint density at radius 3 is 2.53 bits per heavy atom. The molecule has 0 spiro atoms. The van der Waals surface area contributed by atoms with Crippen molar-refractivity contribution in [2.24, 2.45) is 17.8 Å². The summed E-state index contributed by atoms with van der Waals surface area (Å²) in [6.07, 6.45) is 4.52. The molecule has 260 valence electrons. The molecule has 0 fully saturated rings. The number of pyridine rings is 1. The number of hydrogen-bond donors (Lipinski definition) is 2. The highest BCUT2D eigenvalue weighted by molar-refractivity contribution is 6.07. The van der Waals surface area contributed by atoms with Gasteiger partial charge in [-0.3, -0.25) is 14.5 Å². The summed E-state index contributed by atoms with van der Waals surface area (Å²) in [5, 5.41) is 3.35. The van der Waals surface area contributed by atoms with E-state index in [9.17, 15) is 14.4 Å². The molecule has 2 amide bonds. The average molecular weight is 672 g/mol. The van der Waals surface area contributed by atoms with E-state index in [-0.39, 0.29) is 31.3 Å². The quantitative estimate of drug-likeness (QED) is 0.0624. The van der Waals surface area contributed by atoms with Gasteiger partial charge in [0.05, 0.1) is 37.2 Å². The fourth-order valence-corrected chi connectivity index (χ4v) is 5.11. The molecule has 0 saturated heterocycles. The van der Waals surface area contributed by atoms with Crippen LogP contribution in [0.3, 0.4) is 0 Å². The number of anilines is 2. The Morgan fingerprint density at radius 1 is 1.04 bits per heavy atom. The van der Waals surface area contributed by atoms with E-state index in [4.69, 9.17) is 24.9 Å². The van der Waals surface area contributed by atoms with Crippen LogP contribution in [0.2, 0.25) is 0 Å². The van der Waals surface area contributed by atoms with Gasteiger partial charge in [-0.2, -0.15) is 4.99 Å². The molecule has 4 rings (SSSR count). The molecule has 0 unspecified atom stereocenters. The number of esters is 1. The van der Waals surface area contributed by atoms with Crippen LogP contribution in [0.5, 0.6) is 0 Å². The number of carbonyl (C=O) groups is 3. The third kappa shape index (κ3) is 10.6. The number of methoxy groups -OCH3 is 1. The summed E-state index contributed by atoms with van der Waals surface area (Å²) in [6.45, 7) is 4.97. The summed E-state index contributed by atoms with van der Waals surface area (Å²) in [6, 6.07) is 17.8. The highest BCUT2D eigenvalue weighted by Crippen LogP contribution is 2.21. The van der Waals surface area contributed by atoms with E-state index in [1.165, 1.54) is 12.0 Å². The Hall–Kier alpha value is -5.30. The van der Waals surface area contributed by atoms with Crippen LogP contribution in [0.4, 0.5) is 16.3 Å². The molecule has 2 aromatic heterocycles. The van der Waals surface area contributed by atoms with Gasteiger partial charge in [-0.1, -0.05) is 32.3 Å². The van der Waals surface area contributed by atoms with Gasteiger partial charge >= 0.3 is 12.1 Å². The number of hydrogen-bond acceptors (Lipinski definition) is 9. The first kappa shape index (κ1) is 36.5. The van der Waals surface area contributed by atoms with Crippen molar-refractivity contribution in [3.05, 3.63) is 83.8 Å². The van der Waals surface area contributed by atoms with Gasteiger partial charge in [0.25, 0.3) is 5.91 Å². The smallest absolute Gasteiger partial charge is 0.435 e. The number of nitrogens with one attached hydrogen (secondary N) is 1. The van der Waals surface area contributed by atoms with Gasteiger partial charge in [-0.15, -0.1) is 0 Å². The van der Waals surface area contributed by atoms with Gasteiger partial charge in [-0.05, 0) is 67.9 Å². The molecule has 4 aromatic rings. The number of fused-ring (bicyclic) bond motifs is 1. The van der Waals surface area contributed by atoms with E-state index in [1.807, 2.05) is 29.8 Å². The first-order chi connectivity index (χ1) is 23.7. The second kappa shape index (κ2) is 18.3. The number of rotatable bonds is 17. The molecule has 13 nitrogen and oxygen atoms in total. The number of unbranched alkanes of at least 4 members (excludes halogenated alkanes) is 3. The molecule has 49 heavy (non-hydrogen) atoms. The van der Waals surface area contributed by atoms with E-state index in [1.54, 1.807) is 55.6 Å². The fourth-order valence-electron chi connectivity index (χ4n) is 5.11. The van der Waals surface area contributed by atoms with Crippen LogP contribution in [0.1, 0.15) is 67.7 Å². The maximum atomic E-state index is 13.8. The molecule has 2 aromatic carbocycles. The Morgan fingerprint density at radius 2 is 1.82 bits per heavy atom. The summed E-state index contributed by atoms with van der Waals surface area (Å²) in [7, 11) is 3.45. The second-order valence-corrected chi connectivity index (χ2v) is 11.5. The number of imidazole rings is 1. The fraction of sp³-hybridized carbons (Fsp3) is 0.389. The van der Waals surface area contributed by atoms with E-state index in [2.05, 4.69) is 22.2 Å². The van der Waals surface area contributed by atoms with Crippen molar-refractivity contribution < 1.29 is 28.6 Å². The van der Waals surface area contributed by atoms with Crippen molar-refractivity contribution in [1.82, 2.24) is 14.5 Å². The normalized spacial score (nSPS) is 12.0. The summed E-state index contributed by atoms with van der Waals surface area (Å²) < 4.78 is 17.5. The minimum atomic E-state index is -0.694. The van der Waals surface area contributed by atoms with E-state index in [0.29, 0.717) is 35.6 Å². The number of carbonyl (C=O) groups excluding carboxylic acids is 3. The molecule has 0 bridgehead atoms. The average Bonchev–Trinajstić information content (AvgIpc) is 3.42. The third-order valence-corrected chi connectivity index (χ3v) is 7.73. The Kier molecular flexibility index (Phi) is 13.6. The SMILES string of the molecule is CCCCCCOC(=O)N=C(N)c1ccc(NCc2nc3cc(C(=O)N(CCC(=O)O[C@@H](C)COC)c4ccccn4)ccc3n2C)cc1. The highest BCUT2D eigenvalue weighted by atomic mass is 16.6. The summed E-state index contributed by atoms with van der Waals surface area (Å²) >= 11 is 0. The predicted molar refractivity (Wildman–Crippen MR) is 189 cm³/mol. The molecule has 0 aliphatic rings. The highest BCUT2D eigenvalue weighted by Gasteiger charge is 2.22. The minimum Gasteiger partial charge on any atom is -0.460 e.